The van der Waals surface area contributed by atoms with E-state index < -0.39 is 0 Å². The predicted molar refractivity (Wildman–Crippen MR) is 82.7 cm³/mol. The molecule has 1 saturated heterocycles. The number of aryl methyl sites for hydroxylation is 2. The second kappa shape index (κ2) is 6.58. The fourth-order valence-corrected chi connectivity index (χ4v) is 3.17. The Bertz CT molecular complexity index is 516. The van der Waals surface area contributed by atoms with Crippen molar-refractivity contribution in [2.75, 3.05) is 33.3 Å². The van der Waals surface area contributed by atoms with Crippen LogP contribution in [-0.2, 0) is 17.6 Å². The van der Waals surface area contributed by atoms with Gasteiger partial charge in [0.15, 0.2) is 0 Å². The van der Waals surface area contributed by atoms with Crippen LogP contribution in [0.4, 0.5) is 0 Å². The molecule has 0 spiro atoms. The summed E-state index contributed by atoms with van der Waals surface area (Å²) in [6, 6.07) is 6.14. The number of amides is 1. The number of likely N-dealkylation sites (N-methyl/N-ethyl adjacent to an activating group) is 1. The van der Waals surface area contributed by atoms with E-state index in [-0.39, 0.29) is 12.0 Å². The number of benzene rings is 1. The minimum absolute atomic E-state index is 0.0141. The largest absolute Gasteiger partial charge is 0.374 e. The van der Waals surface area contributed by atoms with Crippen molar-refractivity contribution >= 4 is 5.91 Å². The molecule has 0 radical (unpaired) electrons. The van der Waals surface area contributed by atoms with Gasteiger partial charge in [-0.15, -0.1) is 0 Å². The molecule has 114 valence electrons. The number of morpholine rings is 1. The summed E-state index contributed by atoms with van der Waals surface area (Å²) in [4.78, 5) is 14.5. The fraction of sp³-hybridized carbons (Fsp3) is 0.588. The number of nitrogens with zero attached hydrogens (tertiary/aromatic N) is 1. The Morgan fingerprint density at radius 3 is 2.95 bits per heavy atom. The molecule has 4 heteroatoms. The maximum atomic E-state index is 12.3. The first-order valence-electron chi connectivity index (χ1n) is 7.92. The van der Waals surface area contributed by atoms with Crippen LogP contribution in [0.1, 0.15) is 34.3 Å². The van der Waals surface area contributed by atoms with Crippen LogP contribution in [0.15, 0.2) is 18.2 Å². The Morgan fingerprint density at radius 1 is 1.33 bits per heavy atom. The van der Waals surface area contributed by atoms with Crippen LogP contribution < -0.4 is 5.32 Å². The maximum absolute atomic E-state index is 12.3. The summed E-state index contributed by atoms with van der Waals surface area (Å²) in [5, 5.41) is 3.01. The van der Waals surface area contributed by atoms with E-state index in [4.69, 9.17) is 4.74 Å². The first-order valence-corrected chi connectivity index (χ1v) is 7.92. The third-order valence-electron chi connectivity index (χ3n) is 4.44. The van der Waals surface area contributed by atoms with E-state index in [1.54, 1.807) is 0 Å². The number of fused-ring (bicyclic) bond motifs is 1. The van der Waals surface area contributed by atoms with Crippen molar-refractivity contribution in [1.82, 2.24) is 10.2 Å². The summed E-state index contributed by atoms with van der Waals surface area (Å²) >= 11 is 0. The highest BCUT2D eigenvalue weighted by atomic mass is 16.5. The highest BCUT2D eigenvalue weighted by Crippen LogP contribution is 2.22. The smallest absolute Gasteiger partial charge is 0.251 e. The highest BCUT2D eigenvalue weighted by molar-refractivity contribution is 5.94. The van der Waals surface area contributed by atoms with Crippen molar-refractivity contribution in [3.05, 3.63) is 34.9 Å². The molecular weight excluding hydrogens is 264 g/mol. The first-order chi connectivity index (χ1) is 10.2. The molecule has 0 unspecified atom stereocenters. The topological polar surface area (TPSA) is 41.6 Å². The van der Waals surface area contributed by atoms with Crippen LogP contribution >= 0.6 is 0 Å². The third-order valence-corrected chi connectivity index (χ3v) is 4.44. The van der Waals surface area contributed by atoms with Gasteiger partial charge in [-0.3, -0.25) is 4.79 Å². The highest BCUT2D eigenvalue weighted by Gasteiger charge is 2.19. The Labute approximate surface area is 126 Å². The SMILES string of the molecule is CN1CCO[C@@H](CNC(=O)c2ccc3c(c2)CCCC3)C1. The van der Waals surface area contributed by atoms with Gasteiger partial charge in [0.2, 0.25) is 0 Å². The van der Waals surface area contributed by atoms with Crippen LogP contribution in [0.5, 0.6) is 0 Å². The molecule has 1 aromatic rings. The van der Waals surface area contributed by atoms with Gasteiger partial charge < -0.3 is 15.0 Å². The van der Waals surface area contributed by atoms with Gasteiger partial charge in [-0.05, 0) is 56.0 Å². The van der Waals surface area contributed by atoms with E-state index in [9.17, 15) is 4.79 Å². The molecular formula is C17H24N2O2. The maximum Gasteiger partial charge on any atom is 0.251 e. The summed E-state index contributed by atoms with van der Waals surface area (Å²) in [5.74, 6) is 0.0141. The molecule has 0 saturated carbocycles. The lowest BCUT2D eigenvalue weighted by Crippen LogP contribution is -2.45. The van der Waals surface area contributed by atoms with Gasteiger partial charge in [0, 0.05) is 25.2 Å². The normalized spacial score (nSPS) is 22.6. The van der Waals surface area contributed by atoms with Crippen LogP contribution in [0, 0.1) is 0 Å². The van der Waals surface area contributed by atoms with Crippen LogP contribution in [0.2, 0.25) is 0 Å². The third kappa shape index (κ3) is 3.63. The van der Waals surface area contributed by atoms with Gasteiger partial charge in [0.25, 0.3) is 5.91 Å². The lowest BCUT2D eigenvalue weighted by Gasteiger charge is -2.30. The monoisotopic (exact) mass is 288 g/mol. The molecule has 3 rings (SSSR count). The Hall–Kier alpha value is -1.39. The van der Waals surface area contributed by atoms with Crippen LogP contribution in [0.25, 0.3) is 0 Å². The summed E-state index contributed by atoms with van der Waals surface area (Å²) in [6.07, 6.45) is 4.86. The van der Waals surface area contributed by atoms with E-state index in [2.05, 4.69) is 29.4 Å². The van der Waals surface area contributed by atoms with Crippen molar-refractivity contribution in [1.29, 1.82) is 0 Å². The Kier molecular flexibility index (Phi) is 4.56. The van der Waals surface area contributed by atoms with Gasteiger partial charge in [-0.1, -0.05) is 6.07 Å². The van der Waals surface area contributed by atoms with E-state index in [1.165, 1.54) is 24.0 Å². The van der Waals surface area contributed by atoms with Gasteiger partial charge >= 0.3 is 0 Å². The Morgan fingerprint density at radius 2 is 2.14 bits per heavy atom. The molecule has 0 aromatic heterocycles. The molecule has 1 atom stereocenters. The molecule has 1 amide bonds. The van der Waals surface area contributed by atoms with Crippen molar-refractivity contribution < 1.29 is 9.53 Å². The number of hydrogen-bond acceptors (Lipinski definition) is 3. The molecule has 1 aromatic carbocycles. The van der Waals surface area contributed by atoms with Crippen molar-refractivity contribution in [2.24, 2.45) is 0 Å². The fourth-order valence-electron chi connectivity index (χ4n) is 3.17. The molecule has 4 nitrogen and oxygen atoms in total. The average Bonchev–Trinajstić information content (AvgIpc) is 2.52. The van der Waals surface area contributed by atoms with Crippen molar-refractivity contribution in [2.45, 2.75) is 31.8 Å². The number of carbonyl (C=O) groups is 1. The summed E-state index contributed by atoms with van der Waals surface area (Å²) in [6.45, 7) is 3.18. The minimum atomic E-state index is 0.0141. The van der Waals surface area contributed by atoms with Crippen LogP contribution in [0.3, 0.4) is 0 Å². The van der Waals surface area contributed by atoms with E-state index in [0.717, 1.165) is 38.1 Å². The molecule has 1 heterocycles. The lowest BCUT2D eigenvalue weighted by atomic mass is 9.90. The standard InChI is InChI=1S/C17H24N2O2/c1-19-8-9-21-16(12-19)11-18-17(20)15-7-6-13-4-2-3-5-14(13)10-15/h6-7,10,16H,2-5,8-9,11-12H2,1H3,(H,18,20)/t16-/m0/s1. The van der Waals surface area contributed by atoms with E-state index in [1.807, 2.05) is 6.07 Å². The van der Waals surface area contributed by atoms with Crippen molar-refractivity contribution in [3.8, 4) is 0 Å². The molecule has 1 aliphatic carbocycles. The molecule has 2 aliphatic rings. The van der Waals surface area contributed by atoms with Gasteiger partial charge in [-0.2, -0.15) is 0 Å². The average molecular weight is 288 g/mol. The zero-order valence-corrected chi connectivity index (χ0v) is 12.7. The summed E-state index contributed by atoms with van der Waals surface area (Å²) in [5.41, 5.74) is 3.54. The molecule has 1 N–H and O–H groups in total. The van der Waals surface area contributed by atoms with Crippen LogP contribution in [-0.4, -0.2) is 50.2 Å². The second-order valence-electron chi connectivity index (χ2n) is 6.16. The molecule has 1 aliphatic heterocycles. The number of hydrogen-bond donors (Lipinski definition) is 1. The number of ether oxygens (including phenoxy) is 1. The predicted octanol–water partition coefficient (Wildman–Crippen LogP) is 1.63. The zero-order chi connectivity index (χ0) is 14.7. The lowest BCUT2D eigenvalue weighted by molar-refractivity contribution is -0.0175. The summed E-state index contributed by atoms with van der Waals surface area (Å²) in [7, 11) is 2.08. The summed E-state index contributed by atoms with van der Waals surface area (Å²) < 4.78 is 5.67. The van der Waals surface area contributed by atoms with Gasteiger partial charge in [0.05, 0.1) is 12.7 Å². The quantitative estimate of drug-likeness (QED) is 0.919. The molecule has 21 heavy (non-hydrogen) atoms. The van der Waals surface area contributed by atoms with Gasteiger partial charge in [-0.25, -0.2) is 0 Å². The minimum Gasteiger partial charge on any atom is -0.374 e. The first kappa shape index (κ1) is 14.5. The van der Waals surface area contributed by atoms with E-state index in [0.29, 0.717) is 6.54 Å². The number of carbonyl (C=O) groups excluding carboxylic acids is 1. The second-order valence-corrected chi connectivity index (χ2v) is 6.16. The van der Waals surface area contributed by atoms with Gasteiger partial charge in [0.1, 0.15) is 0 Å². The van der Waals surface area contributed by atoms with E-state index >= 15 is 0 Å². The number of rotatable bonds is 3. The molecule has 0 bridgehead atoms. The Balaban J connectivity index is 1.57. The number of nitrogens with one attached hydrogen (secondary N) is 1. The zero-order valence-electron chi connectivity index (χ0n) is 12.7. The molecule has 1 fully saturated rings. The van der Waals surface area contributed by atoms with Crippen molar-refractivity contribution in [3.63, 3.8) is 0 Å².